The molecule has 0 amide bonds. The summed E-state index contributed by atoms with van der Waals surface area (Å²) in [7, 11) is 1.68. The van der Waals surface area contributed by atoms with Crippen LogP contribution in [0.15, 0.2) is 16.6 Å². The fourth-order valence-electron chi connectivity index (χ4n) is 2.19. The lowest BCUT2D eigenvalue weighted by molar-refractivity contribution is 0.413. The Morgan fingerprint density at radius 2 is 2.28 bits per heavy atom. The summed E-state index contributed by atoms with van der Waals surface area (Å²) in [6.07, 6.45) is 2.46. The number of thioether (sulfide) groups is 1. The van der Waals surface area contributed by atoms with E-state index in [1.165, 1.54) is 18.6 Å². The molecule has 1 heterocycles. The zero-order chi connectivity index (χ0) is 13.1. The maximum absolute atomic E-state index is 6.10. The Bertz CT molecular complexity index is 430. The molecule has 0 aromatic heterocycles. The van der Waals surface area contributed by atoms with Crippen molar-refractivity contribution in [3.63, 3.8) is 0 Å². The van der Waals surface area contributed by atoms with Crippen molar-refractivity contribution in [1.82, 2.24) is 0 Å². The van der Waals surface area contributed by atoms with Crippen LogP contribution in [0, 0.1) is 0 Å². The lowest BCUT2D eigenvalue weighted by Crippen LogP contribution is -2.32. The number of nitrogens with one attached hydrogen (secondary N) is 1. The van der Waals surface area contributed by atoms with Crippen LogP contribution in [0.25, 0.3) is 0 Å². The van der Waals surface area contributed by atoms with Gasteiger partial charge in [-0.2, -0.15) is 11.8 Å². The van der Waals surface area contributed by atoms with Crippen molar-refractivity contribution in [2.45, 2.75) is 31.1 Å². The van der Waals surface area contributed by atoms with Crippen LogP contribution in [0.3, 0.4) is 0 Å². The van der Waals surface area contributed by atoms with Crippen molar-refractivity contribution in [3.8, 4) is 5.75 Å². The maximum Gasteiger partial charge on any atom is 0.156 e. The van der Waals surface area contributed by atoms with Crippen LogP contribution in [0.1, 0.15) is 19.8 Å². The normalized spacial score (nSPS) is 23.8. The van der Waals surface area contributed by atoms with Crippen molar-refractivity contribution in [1.29, 1.82) is 0 Å². The fourth-order valence-corrected chi connectivity index (χ4v) is 4.30. The van der Waals surface area contributed by atoms with E-state index >= 15 is 0 Å². The highest BCUT2D eigenvalue weighted by atomic mass is 79.9. The summed E-state index contributed by atoms with van der Waals surface area (Å²) in [6, 6.07) is 4.25. The topological polar surface area (TPSA) is 21.3 Å². The minimum Gasteiger partial charge on any atom is -0.493 e. The Morgan fingerprint density at radius 3 is 2.94 bits per heavy atom. The molecule has 1 saturated heterocycles. The van der Waals surface area contributed by atoms with Crippen LogP contribution in [0.2, 0.25) is 5.02 Å². The van der Waals surface area contributed by atoms with E-state index in [2.05, 4.69) is 28.2 Å². The van der Waals surface area contributed by atoms with Gasteiger partial charge in [-0.3, -0.25) is 0 Å². The van der Waals surface area contributed by atoms with E-state index in [1.54, 1.807) is 7.11 Å². The first-order chi connectivity index (χ1) is 8.61. The Labute approximate surface area is 126 Å². The van der Waals surface area contributed by atoms with Gasteiger partial charge in [0.05, 0.1) is 17.3 Å². The highest BCUT2D eigenvalue weighted by Crippen LogP contribution is 2.38. The Morgan fingerprint density at radius 1 is 1.50 bits per heavy atom. The zero-order valence-electron chi connectivity index (χ0n) is 10.5. The first-order valence-corrected chi connectivity index (χ1v) is 8.25. The van der Waals surface area contributed by atoms with E-state index < -0.39 is 0 Å². The number of ether oxygens (including phenoxy) is 1. The molecule has 2 atom stereocenters. The van der Waals surface area contributed by atoms with Gasteiger partial charge in [-0.15, -0.1) is 0 Å². The van der Waals surface area contributed by atoms with Crippen molar-refractivity contribution in [2.75, 3.05) is 18.2 Å². The van der Waals surface area contributed by atoms with E-state index in [1.807, 2.05) is 23.9 Å². The molecule has 0 bridgehead atoms. The minimum atomic E-state index is 0.475. The number of rotatable bonds is 3. The molecule has 0 saturated carbocycles. The van der Waals surface area contributed by atoms with Crippen LogP contribution >= 0.6 is 39.3 Å². The second-order valence-corrected chi connectivity index (χ2v) is 7.21. The molecule has 0 radical (unpaired) electrons. The maximum atomic E-state index is 6.10. The quantitative estimate of drug-likeness (QED) is 0.845. The Hall–Kier alpha value is -0.0600. The standard InChI is InChI=1S/C13H17BrClNOS/c1-8-11(4-3-5-18-8)16-12-7-9(15)6-10(14)13(12)17-2/h6-8,11,16H,3-5H2,1-2H3. The summed E-state index contributed by atoms with van der Waals surface area (Å²) >= 11 is 11.6. The number of methoxy groups -OCH3 is 1. The van der Waals surface area contributed by atoms with Gasteiger partial charge in [0.25, 0.3) is 0 Å². The highest BCUT2D eigenvalue weighted by molar-refractivity contribution is 9.10. The van der Waals surface area contributed by atoms with Crippen LogP contribution in [-0.4, -0.2) is 24.2 Å². The average Bonchev–Trinajstić information content (AvgIpc) is 2.31. The fraction of sp³-hybridized carbons (Fsp3) is 0.538. The van der Waals surface area contributed by atoms with Crippen LogP contribution in [0.4, 0.5) is 5.69 Å². The van der Waals surface area contributed by atoms with E-state index in [0.29, 0.717) is 16.3 Å². The smallest absolute Gasteiger partial charge is 0.156 e. The second kappa shape index (κ2) is 6.40. The summed E-state index contributed by atoms with van der Waals surface area (Å²) in [5.41, 5.74) is 0.969. The van der Waals surface area contributed by atoms with Gasteiger partial charge < -0.3 is 10.1 Å². The van der Waals surface area contributed by atoms with Gasteiger partial charge in [0.2, 0.25) is 0 Å². The molecule has 100 valence electrons. The lowest BCUT2D eigenvalue weighted by atomic mass is 10.1. The summed E-state index contributed by atoms with van der Waals surface area (Å²) in [5, 5.41) is 4.89. The molecule has 1 aromatic rings. The van der Waals surface area contributed by atoms with Crippen molar-refractivity contribution in [2.24, 2.45) is 0 Å². The lowest BCUT2D eigenvalue weighted by Gasteiger charge is -2.30. The minimum absolute atomic E-state index is 0.475. The second-order valence-electron chi connectivity index (χ2n) is 4.44. The summed E-state index contributed by atoms with van der Waals surface area (Å²) in [6.45, 7) is 2.27. The van der Waals surface area contributed by atoms with Gasteiger partial charge >= 0.3 is 0 Å². The summed E-state index contributed by atoms with van der Waals surface area (Å²) in [5.74, 6) is 2.08. The monoisotopic (exact) mass is 349 g/mol. The molecular formula is C13H17BrClNOS. The Balaban J connectivity index is 2.22. The predicted octanol–water partition coefficient (Wildman–Crippen LogP) is 4.81. The number of hydrogen-bond acceptors (Lipinski definition) is 3. The van der Waals surface area contributed by atoms with Crippen LogP contribution in [-0.2, 0) is 0 Å². The number of halogens is 2. The van der Waals surface area contributed by atoms with Crippen molar-refractivity contribution < 1.29 is 4.74 Å². The third kappa shape index (κ3) is 3.28. The molecule has 18 heavy (non-hydrogen) atoms. The highest BCUT2D eigenvalue weighted by Gasteiger charge is 2.23. The molecule has 2 rings (SSSR count). The predicted molar refractivity (Wildman–Crippen MR) is 84.3 cm³/mol. The molecule has 2 unspecified atom stereocenters. The summed E-state index contributed by atoms with van der Waals surface area (Å²) < 4.78 is 6.32. The van der Waals surface area contributed by atoms with Crippen molar-refractivity contribution in [3.05, 3.63) is 21.6 Å². The molecule has 1 aliphatic heterocycles. The van der Waals surface area contributed by atoms with Gasteiger partial charge in [-0.1, -0.05) is 18.5 Å². The van der Waals surface area contributed by atoms with E-state index in [-0.39, 0.29) is 0 Å². The third-order valence-corrected chi connectivity index (χ3v) is 5.35. The van der Waals surface area contributed by atoms with Gasteiger partial charge in [0.1, 0.15) is 0 Å². The van der Waals surface area contributed by atoms with Gasteiger partial charge in [0, 0.05) is 16.3 Å². The van der Waals surface area contributed by atoms with Gasteiger partial charge in [0.15, 0.2) is 5.75 Å². The first-order valence-electron chi connectivity index (χ1n) is 6.03. The molecule has 1 fully saturated rings. The van der Waals surface area contributed by atoms with E-state index in [0.717, 1.165) is 15.9 Å². The zero-order valence-corrected chi connectivity index (χ0v) is 13.7. The number of anilines is 1. The molecule has 0 aliphatic carbocycles. The SMILES string of the molecule is COc1c(Br)cc(Cl)cc1NC1CCCSC1C. The number of hydrogen-bond donors (Lipinski definition) is 1. The molecule has 5 heteroatoms. The van der Waals surface area contributed by atoms with E-state index in [4.69, 9.17) is 16.3 Å². The molecule has 0 spiro atoms. The van der Waals surface area contributed by atoms with Gasteiger partial charge in [-0.25, -0.2) is 0 Å². The van der Waals surface area contributed by atoms with E-state index in [9.17, 15) is 0 Å². The third-order valence-electron chi connectivity index (χ3n) is 3.16. The molecular weight excluding hydrogens is 334 g/mol. The number of benzene rings is 1. The van der Waals surface area contributed by atoms with Crippen molar-refractivity contribution >= 4 is 45.0 Å². The molecule has 1 N–H and O–H groups in total. The largest absolute Gasteiger partial charge is 0.493 e. The molecule has 1 aromatic carbocycles. The average molecular weight is 351 g/mol. The molecule has 1 aliphatic rings. The van der Waals surface area contributed by atoms with Crippen LogP contribution in [0.5, 0.6) is 5.75 Å². The first kappa shape index (κ1) is 14.4. The van der Waals surface area contributed by atoms with Crippen LogP contribution < -0.4 is 10.1 Å². The molecule has 2 nitrogen and oxygen atoms in total. The summed E-state index contributed by atoms with van der Waals surface area (Å²) in [4.78, 5) is 0. The Kier molecular flexibility index (Phi) is 5.10. The van der Waals surface area contributed by atoms with Gasteiger partial charge in [-0.05, 0) is 46.7 Å².